The molecular weight excluding hydrogens is 335 g/mol. The zero-order valence-corrected chi connectivity index (χ0v) is 12.0. The first-order chi connectivity index (χ1) is 8.97. The minimum atomic E-state index is -1.34. The number of benzene rings is 1. The number of halogens is 2. The molecule has 0 bridgehead atoms. The summed E-state index contributed by atoms with van der Waals surface area (Å²) in [6.07, 6.45) is 0. The highest BCUT2D eigenvalue weighted by molar-refractivity contribution is 9.11. The van der Waals surface area contributed by atoms with Crippen LogP contribution < -0.4 is 11.1 Å². The Bertz CT molecular complexity index is 630. The summed E-state index contributed by atoms with van der Waals surface area (Å²) in [4.78, 5) is 11.8. The van der Waals surface area contributed by atoms with Crippen LogP contribution in [0.1, 0.15) is 15.2 Å². The Kier molecular flexibility index (Phi) is 4.06. The molecule has 4 N–H and O–H groups in total. The van der Waals surface area contributed by atoms with E-state index in [1.54, 1.807) is 11.3 Å². The summed E-state index contributed by atoms with van der Waals surface area (Å²) in [6, 6.07) is 6.06. The Morgan fingerprint density at radius 3 is 2.79 bits per heavy atom. The average molecular weight is 345 g/mol. The van der Waals surface area contributed by atoms with Crippen molar-refractivity contribution in [2.75, 3.05) is 11.1 Å². The largest absolute Gasteiger partial charge is 0.478 e. The summed E-state index contributed by atoms with van der Waals surface area (Å²) in [5.74, 6) is -2.14. The molecule has 0 aliphatic carbocycles. The second-order valence-electron chi connectivity index (χ2n) is 3.78. The minimum Gasteiger partial charge on any atom is -0.478 e. The van der Waals surface area contributed by atoms with Crippen LogP contribution >= 0.6 is 27.3 Å². The van der Waals surface area contributed by atoms with E-state index in [9.17, 15) is 9.18 Å². The lowest BCUT2D eigenvalue weighted by Gasteiger charge is -2.10. The monoisotopic (exact) mass is 344 g/mol. The summed E-state index contributed by atoms with van der Waals surface area (Å²) in [7, 11) is 0. The van der Waals surface area contributed by atoms with Gasteiger partial charge in [0.2, 0.25) is 0 Å². The van der Waals surface area contributed by atoms with Crippen LogP contribution in [0.25, 0.3) is 0 Å². The lowest BCUT2D eigenvalue weighted by molar-refractivity contribution is 0.0692. The second-order valence-corrected chi connectivity index (χ2v) is 6.33. The zero-order valence-electron chi connectivity index (χ0n) is 9.61. The van der Waals surface area contributed by atoms with Gasteiger partial charge in [-0.1, -0.05) is 0 Å². The van der Waals surface area contributed by atoms with Crippen molar-refractivity contribution in [3.63, 3.8) is 0 Å². The van der Waals surface area contributed by atoms with E-state index >= 15 is 0 Å². The fourth-order valence-corrected chi connectivity index (χ4v) is 2.96. The third-order valence-corrected chi connectivity index (χ3v) is 4.08. The highest BCUT2D eigenvalue weighted by atomic mass is 79.9. The number of rotatable bonds is 4. The SMILES string of the molecule is Nc1cc(C(=O)O)c(F)cc1NCc1ccc(Br)s1. The number of carboxylic acid groups (broad SMARTS) is 1. The van der Waals surface area contributed by atoms with Gasteiger partial charge in [0, 0.05) is 11.4 Å². The fourth-order valence-electron chi connectivity index (χ4n) is 1.54. The lowest BCUT2D eigenvalue weighted by Crippen LogP contribution is -2.06. The molecule has 19 heavy (non-hydrogen) atoms. The van der Waals surface area contributed by atoms with Crippen LogP contribution in [0, 0.1) is 5.82 Å². The molecule has 1 aromatic heterocycles. The number of nitrogen functional groups attached to an aromatic ring is 1. The molecule has 0 fully saturated rings. The predicted octanol–water partition coefficient (Wildman–Crippen LogP) is 3.54. The van der Waals surface area contributed by atoms with Crippen LogP contribution in [-0.4, -0.2) is 11.1 Å². The molecule has 2 aromatic rings. The van der Waals surface area contributed by atoms with Gasteiger partial charge in [-0.3, -0.25) is 0 Å². The van der Waals surface area contributed by atoms with Gasteiger partial charge in [-0.25, -0.2) is 9.18 Å². The van der Waals surface area contributed by atoms with Gasteiger partial charge >= 0.3 is 5.97 Å². The summed E-state index contributed by atoms with van der Waals surface area (Å²) in [6.45, 7) is 0.492. The van der Waals surface area contributed by atoms with Gasteiger partial charge in [0.15, 0.2) is 0 Å². The van der Waals surface area contributed by atoms with Crippen molar-refractivity contribution < 1.29 is 14.3 Å². The van der Waals surface area contributed by atoms with Gasteiger partial charge < -0.3 is 16.2 Å². The Balaban J connectivity index is 2.17. The van der Waals surface area contributed by atoms with Gasteiger partial charge in [0.25, 0.3) is 0 Å². The molecular formula is C12H10BrFN2O2S. The van der Waals surface area contributed by atoms with E-state index in [1.807, 2.05) is 12.1 Å². The molecule has 1 aromatic carbocycles. The first kappa shape index (κ1) is 13.8. The summed E-state index contributed by atoms with van der Waals surface area (Å²) >= 11 is 4.90. The Hall–Kier alpha value is -1.60. The maximum Gasteiger partial charge on any atom is 0.338 e. The molecule has 7 heteroatoms. The van der Waals surface area contributed by atoms with Crippen LogP contribution in [0.4, 0.5) is 15.8 Å². The van der Waals surface area contributed by atoms with Crippen molar-refractivity contribution in [3.8, 4) is 0 Å². The van der Waals surface area contributed by atoms with Crippen molar-refractivity contribution in [1.82, 2.24) is 0 Å². The van der Waals surface area contributed by atoms with Crippen LogP contribution in [0.3, 0.4) is 0 Å². The highest BCUT2D eigenvalue weighted by Gasteiger charge is 2.13. The van der Waals surface area contributed by atoms with Crippen molar-refractivity contribution in [2.45, 2.75) is 6.54 Å². The summed E-state index contributed by atoms with van der Waals surface area (Å²) in [5, 5.41) is 11.8. The number of hydrogen-bond donors (Lipinski definition) is 3. The molecule has 0 amide bonds. The van der Waals surface area contributed by atoms with E-state index in [-0.39, 0.29) is 5.69 Å². The van der Waals surface area contributed by atoms with Crippen molar-refractivity contribution in [2.24, 2.45) is 0 Å². The minimum absolute atomic E-state index is 0.203. The van der Waals surface area contributed by atoms with Gasteiger partial charge in [0.05, 0.1) is 20.7 Å². The number of anilines is 2. The molecule has 0 saturated carbocycles. The molecule has 1 heterocycles. The first-order valence-corrected chi connectivity index (χ1v) is 6.88. The first-order valence-electron chi connectivity index (χ1n) is 5.28. The van der Waals surface area contributed by atoms with Crippen LogP contribution in [0.5, 0.6) is 0 Å². The number of thiophene rings is 1. The standard InChI is InChI=1S/C12H10BrFN2O2S/c13-11-2-1-6(19-11)5-16-10-4-8(14)7(12(17)18)3-9(10)15/h1-4,16H,5,15H2,(H,17,18). The predicted molar refractivity (Wildman–Crippen MR) is 77.1 cm³/mol. The number of aromatic carboxylic acids is 1. The molecule has 2 rings (SSSR count). The Morgan fingerprint density at radius 1 is 1.47 bits per heavy atom. The van der Waals surface area contributed by atoms with Crippen molar-refractivity contribution >= 4 is 44.6 Å². The molecule has 0 radical (unpaired) electrons. The molecule has 0 unspecified atom stereocenters. The lowest BCUT2D eigenvalue weighted by atomic mass is 10.1. The summed E-state index contributed by atoms with van der Waals surface area (Å²) < 4.78 is 14.5. The number of carboxylic acids is 1. The molecule has 0 saturated heterocycles. The van der Waals surface area contributed by atoms with Gasteiger partial charge in [-0.05, 0) is 40.2 Å². The van der Waals surface area contributed by atoms with E-state index in [2.05, 4.69) is 21.2 Å². The molecule has 0 aliphatic heterocycles. The van der Waals surface area contributed by atoms with Gasteiger partial charge in [0.1, 0.15) is 5.82 Å². The normalized spacial score (nSPS) is 10.4. The third kappa shape index (κ3) is 3.24. The Labute approximate surface area is 121 Å². The maximum atomic E-state index is 13.5. The smallest absolute Gasteiger partial charge is 0.338 e. The second kappa shape index (κ2) is 5.58. The van der Waals surface area contributed by atoms with Gasteiger partial charge in [-0.15, -0.1) is 11.3 Å². The maximum absolute atomic E-state index is 13.5. The van der Waals surface area contributed by atoms with Crippen molar-refractivity contribution in [3.05, 3.63) is 44.3 Å². The molecule has 0 aliphatic rings. The molecule has 0 spiro atoms. The van der Waals surface area contributed by atoms with E-state index in [1.165, 1.54) is 0 Å². The van der Waals surface area contributed by atoms with E-state index in [0.717, 1.165) is 20.8 Å². The molecule has 4 nitrogen and oxygen atoms in total. The Morgan fingerprint density at radius 2 is 2.21 bits per heavy atom. The quantitative estimate of drug-likeness (QED) is 0.741. The number of nitrogens with one attached hydrogen (secondary N) is 1. The van der Waals surface area contributed by atoms with Crippen LogP contribution in [0.15, 0.2) is 28.1 Å². The van der Waals surface area contributed by atoms with Crippen LogP contribution in [-0.2, 0) is 6.54 Å². The van der Waals surface area contributed by atoms with Crippen molar-refractivity contribution in [1.29, 1.82) is 0 Å². The molecule has 100 valence electrons. The van der Waals surface area contributed by atoms with E-state index in [4.69, 9.17) is 10.8 Å². The number of hydrogen-bond acceptors (Lipinski definition) is 4. The number of nitrogens with two attached hydrogens (primary N) is 1. The van der Waals surface area contributed by atoms with E-state index in [0.29, 0.717) is 12.2 Å². The van der Waals surface area contributed by atoms with Crippen LogP contribution in [0.2, 0.25) is 0 Å². The van der Waals surface area contributed by atoms with Gasteiger partial charge in [-0.2, -0.15) is 0 Å². The fraction of sp³-hybridized carbons (Fsp3) is 0.0833. The zero-order chi connectivity index (χ0) is 14.0. The topological polar surface area (TPSA) is 75.4 Å². The van der Waals surface area contributed by atoms with E-state index < -0.39 is 17.3 Å². The highest BCUT2D eigenvalue weighted by Crippen LogP contribution is 2.26. The average Bonchev–Trinajstić information content (AvgIpc) is 2.75. The third-order valence-electron chi connectivity index (χ3n) is 2.45. The summed E-state index contributed by atoms with van der Waals surface area (Å²) in [5.41, 5.74) is 5.85. The number of carbonyl (C=O) groups is 1. The molecule has 0 atom stereocenters.